The predicted octanol–water partition coefficient (Wildman–Crippen LogP) is 0.429. The first-order valence-corrected chi connectivity index (χ1v) is 8.99. The van der Waals surface area contributed by atoms with Crippen LogP contribution in [0.3, 0.4) is 0 Å². The minimum Gasteiger partial charge on any atom is -0.384 e. The average Bonchev–Trinajstić information content (AvgIpc) is 3.36. The maximum absolute atomic E-state index is 9.99. The SMILES string of the molecule is N#CC1(c2cc(N3CCOCC3)nc3c2cnn3/C(N)=C/C=N)CCNC1. The van der Waals surface area contributed by atoms with Crippen molar-refractivity contribution in [2.45, 2.75) is 11.8 Å². The van der Waals surface area contributed by atoms with Gasteiger partial charge in [0.15, 0.2) is 5.65 Å². The molecule has 0 bridgehead atoms. The Bertz CT molecular complexity index is 929. The molecular weight excluding hydrogens is 344 g/mol. The van der Waals surface area contributed by atoms with Crippen molar-refractivity contribution < 1.29 is 4.74 Å². The fourth-order valence-electron chi connectivity index (χ4n) is 3.76. The summed E-state index contributed by atoms with van der Waals surface area (Å²) >= 11 is 0. The molecule has 2 aliphatic heterocycles. The van der Waals surface area contributed by atoms with Gasteiger partial charge in [-0.25, -0.2) is 4.98 Å². The molecule has 2 saturated heterocycles. The third-order valence-corrected chi connectivity index (χ3v) is 5.25. The van der Waals surface area contributed by atoms with E-state index in [9.17, 15) is 5.26 Å². The van der Waals surface area contributed by atoms with Gasteiger partial charge in [0.25, 0.3) is 0 Å². The Morgan fingerprint density at radius 1 is 1.44 bits per heavy atom. The van der Waals surface area contributed by atoms with Crippen LogP contribution in [0.5, 0.6) is 0 Å². The highest BCUT2D eigenvalue weighted by Gasteiger charge is 2.38. The van der Waals surface area contributed by atoms with E-state index < -0.39 is 5.41 Å². The van der Waals surface area contributed by atoms with Crippen molar-refractivity contribution in [1.29, 1.82) is 10.7 Å². The van der Waals surface area contributed by atoms with E-state index in [2.05, 4.69) is 21.4 Å². The van der Waals surface area contributed by atoms with E-state index in [1.165, 1.54) is 10.8 Å². The standard InChI is InChI=1S/C18H22N8O/c19-3-1-15(21)26-17-13(10-23-26)14(18(11-20)2-4-22-12-18)9-16(24-17)25-5-7-27-8-6-25/h1,3,9-10,19,22H,2,4-8,12,21H2/b15-1+,19-3?. The Kier molecular flexibility index (Phi) is 4.51. The molecule has 0 radical (unpaired) electrons. The van der Waals surface area contributed by atoms with Gasteiger partial charge in [-0.15, -0.1) is 0 Å². The zero-order valence-electron chi connectivity index (χ0n) is 15.0. The van der Waals surface area contributed by atoms with Crippen LogP contribution in [-0.4, -0.2) is 60.4 Å². The lowest BCUT2D eigenvalue weighted by molar-refractivity contribution is 0.122. The molecule has 0 saturated carbocycles. The summed E-state index contributed by atoms with van der Waals surface area (Å²) in [6.45, 7) is 4.19. The molecule has 140 valence electrons. The van der Waals surface area contributed by atoms with Crippen molar-refractivity contribution in [3.63, 3.8) is 0 Å². The molecule has 0 aromatic carbocycles. The Balaban J connectivity index is 1.94. The Morgan fingerprint density at radius 3 is 2.93 bits per heavy atom. The first kappa shape index (κ1) is 17.5. The molecule has 1 atom stereocenters. The van der Waals surface area contributed by atoms with Crippen molar-refractivity contribution in [3.8, 4) is 6.07 Å². The highest BCUT2D eigenvalue weighted by atomic mass is 16.5. The molecule has 4 N–H and O–H groups in total. The number of hydrogen-bond acceptors (Lipinski definition) is 8. The van der Waals surface area contributed by atoms with Gasteiger partial charge in [0.2, 0.25) is 0 Å². The number of nitrogens with one attached hydrogen (secondary N) is 2. The molecule has 0 aliphatic carbocycles. The van der Waals surface area contributed by atoms with Crippen LogP contribution in [0.25, 0.3) is 16.9 Å². The van der Waals surface area contributed by atoms with Crippen LogP contribution < -0.4 is 16.0 Å². The number of rotatable bonds is 4. The van der Waals surface area contributed by atoms with Crippen LogP contribution in [-0.2, 0) is 10.2 Å². The van der Waals surface area contributed by atoms with Crippen molar-refractivity contribution in [1.82, 2.24) is 20.1 Å². The first-order valence-electron chi connectivity index (χ1n) is 8.99. The van der Waals surface area contributed by atoms with Crippen molar-refractivity contribution >= 4 is 28.9 Å². The number of aromatic nitrogens is 3. The maximum atomic E-state index is 9.99. The normalized spacial score (nSPS) is 23.5. The van der Waals surface area contributed by atoms with Gasteiger partial charge in [-0.1, -0.05) is 0 Å². The summed E-state index contributed by atoms with van der Waals surface area (Å²) in [7, 11) is 0. The fraction of sp³-hybridized carbons (Fsp3) is 0.444. The monoisotopic (exact) mass is 366 g/mol. The number of fused-ring (bicyclic) bond motifs is 1. The third kappa shape index (κ3) is 2.93. The largest absolute Gasteiger partial charge is 0.384 e. The van der Waals surface area contributed by atoms with Crippen LogP contribution in [0.4, 0.5) is 5.82 Å². The second-order valence-electron chi connectivity index (χ2n) is 6.80. The number of ether oxygens (including phenoxy) is 1. The summed E-state index contributed by atoms with van der Waals surface area (Å²) < 4.78 is 6.98. The summed E-state index contributed by atoms with van der Waals surface area (Å²) in [6.07, 6.45) is 5.03. The zero-order chi connectivity index (χ0) is 18.9. The summed E-state index contributed by atoms with van der Waals surface area (Å²) in [5.74, 6) is 1.11. The number of hydrogen-bond donors (Lipinski definition) is 3. The van der Waals surface area contributed by atoms with Gasteiger partial charge < -0.3 is 26.1 Å². The van der Waals surface area contributed by atoms with E-state index in [4.69, 9.17) is 20.9 Å². The van der Waals surface area contributed by atoms with Crippen molar-refractivity contribution in [2.24, 2.45) is 5.73 Å². The van der Waals surface area contributed by atoms with E-state index in [0.717, 1.165) is 49.0 Å². The molecule has 9 nitrogen and oxygen atoms in total. The molecule has 27 heavy (non-hydrogen) atoms. The molecule has 2 fully saturated rings. The number of allylic oxidation sites excluding steroid dienone is 1. The van der Waals surface area contributed by atoms with E-state index in [0.29, 0.717) is 31.2 Å². The minimum atomic E-state index is -0.615. The fourth-order valence-corrected chi connectivity index (χ4v) is 3.76. The van der Waals surface area contributed by atoms with Gasteiger partial charge in [0.05, 0.1) is 30.9 Å². The first-order chi connectivity index (χ1) is 13.2. The van der Waals surface area contributed by atoms with E-state index in [1.54, 1.807) is 6.20 Å². The van der Waals surface area contributed by atoms with Crippen LogP contribution in [0, 0.1) is 16.7 Å². The number of pyridine rings is 1. The molecule has 2 aromatic rings. The summed E-state index contributed by atoms with van der Waals surface area (Å²) in [6, 6.07) is 4.55. The highest BCUT2D eigenvalue weighted by Crippen LogP contribution is 2.37. The number of nitriles is 1. The maximum Gasteiger partial charge on any atom is 0.167 e. The lowest BCUT2D eigenvalue weighted by Crippen LogP contribution is -2.37. The summed E-state index contributed by atoms with van der Waals surface area (Å²) in [4.78, 5) is 6.97. The highest BCUT2D eigenvalue weighted by molar-refractivity contribution is 5.87. The van der Waals surface area contributed by atoms with E-state index in [1.807, 2.05) is 6.07 Å². The third-order valence-electron chi connectivity index (χ3n) is 5.25. The molecule has 2 aromatic heterocycles. The lowest BCUT2D eigenvalue weighted by Gasteiger charge is -2.29. The molecule has 1 unspecified atom stereocenters. The number of anilines is 1. The van der Waals surface area contributed by atoms with Crippen LogP contribution >= 0.6 is 0 Å². The summed E-state index contributed by atoms with van der Waals surface area (Å²) in [5.41, 5.74) is 6.99. The number of nitrogens with zero attached hydrogens (tertiary/aromatic N) is 5. The minimum absolute atomic E-state index is 0.313. The van der Waals surface area contributed by atoms with Gasteiger partial charge in [0, 0.05) is 31.2 Å². The lowest BCUT2D eigenvalue weighted by atomic mass is 9.80. The molecule has 4 rings (SSSR count). The number of nitrogens with two attached hydrogens (primary N) is 1. The van der Waals surface area contributed by atoms with Gasteiger partial charge in [0.1, 0.15) is 11.6 Å². The predicted molar refractivity (Wildman–Crippen MR) is 103 cm³/mol. The molecule has 2 aliphatic rings. The Morgan fingerprint density at radius 2 is 2.26 bits per heavy atom. The topological polar surface area (TPSA) is 129 Å². The van der Waals surface area contributed by atoms with E-state index >= 15 is 0 Å². The molecule has 4 heterocycles. The van der Waals surface area contributed by atoms with Crippen LogP contribution in [0.15, 0.2) is 18.3 Å². The van der Waals surface area contributed by atoms with Crippen LogP contribution in [0.2, 0.25) is 0 Å². The Labute approximate surface area is 156 Å². The molecular formula is C18H22N8O. The second-order valence-corrected chi connectivity index (χ2v) is 6.80. The molecule has 0 amide bonds. The Hall–Kier alpha value is -2.96. The summed E-state index contributed by atoms with van der Waals surface area (Å²) in [5, 5.41) is 25.8. The molecule has 0 spiro atoms. The van der Waals surface area contributed by atoms with Gasteiger partial charge in [-0.3, -0.25) is 0 Å². The smallest absolute Gasteiger partial charge is 0.167 e. The average molecular weight is 366 g/mol. The number of morpholine rings is 1. The van der Waals surface area contributed by atoms with E-state index in [-0.39, 0.29) is 0 Å². The quantitative estimate of drug-likeness (QED) is 0.669. The van der Waals surface area contributed by atoms with Crippen molar-refractivity contribution in [3.05, 3.63) is 23.9 Å². The van der Waals surface area contributed by atoms with Gasteiger partial charge >= 0.3 is 0 Å². The van der Waals surface area contributed by atoms with Gasteiger partial charge in [-0.2, -0.15) is 15.0 Å². The van der Waals surface area contributed by atoms with Gasteiger partial charge in [-0.05, 0) is 30.7 Å². The zero-order valence-corrected chi connectivity index (χ0v) is 15.0. The van der Waals surface area contributed by atoms with Crippen LogP contribution in [0.1, 0.15) is 12.0 Å². The van der Waals surface area contributed by atoms with Crippen molar-refractivity contribution in [2.75, 3.05) is 44.3 Å². The second kappa shape index (κ2) is 6.98. The molecule has 9 heteroatoms.